The number of amides is 1. The Kier molecular flexibility index (Phi) is 3.48. The minimum atomic E-state index is -0.367. The van der Waals surface area contributed by atoms with Crippen molar-refractivity contribution in [3.63, 3.8) is 0 Å². The van der Waals surface area contributed by atoms with Gasteiger partial charge in [-0.3, -0.25) is 4.79 Å². The smallest absolute Gasteiger partial charge is 0.253 e. The van der Waals surface area contributed by atoms with Gasteiger partial charge in [0.15, 0.2) is 0 Å². The molecule has 1 aliphatic rings. The van der Waals surface area contributed by atoms with Gasteiger partial charge in [-0.2, -0.15) is 0 Å². The Bertz CT molecular complexity index is 412. The number of aryl methyl sites for hydroxylation is 1. The van der Waals surface area contributed by atoms with Gasteiger partial charge in [0.2, 0.25) is 0 Å². The van der Waals surface area contributed by atoms with Crippen LogP contribution in [0.25, 0.3) is 0 Å². The van der Waals surface area contributed by atoms with Crippen molar-refractivity contribution in [2.75, 3.05) is 13.6 Å². The van der Waals surface area contributed by atoms with Crippen molar-refractivity contribution in [1.82, 2.24) is 4.90 Å². The summed E-state index contributed by atoms with van der Waals surface area (Å²) < 4.78 is 0. The predicted octanol–water partition coefficient (Wildman–Crippen LogP) is 1.84. The van der Waals surface area contributed by atoms with E-state index in [1.54, 1.807) is 11.9 Å². The topological polar surface area (TPSA) is 40.5 Å². The molecule has 3 heteroatoms. The Morgan fingerprint density at radius 3 is 2.82 bits per heavy atom. The monoisotopic (exact) mass is 233 g/mol. The summed E-state index contributed by atoms with van der Waals surface area (Å²) in [4.78, 5) is 13.7. The van der Waals surface area contributed by atoms with Crippen LogP contribution in [0.1, 0.15) is 28.8 Å². The van der Waals surface area contributed by atoms with E-state index in [4.69, 9.17) is 0 Å². The molecular weight excluding hydrogens is 214 g/mol. The average molecular weight is 233 g/mol. The zero-order chi connectivity index (χ0) is 12.4. The van der Waals surface area contributed by atoms with Crippen molar-refractivity contribution in [3.05, 3.63) is 35.4 Å². The van der Waals surface area contributed by atoms with Crippen LogP contribution in [0.15, 0.2) is 24.3 Å². The molecule has 1 atom stereocenters. The van der Waals surface area contributed by atoms with Gasteiger partial charge in [0.1, 0.15) is 0 Å². The molecule has 1 amide bonds. The number of rotatable bonds is 4. The summed E-state index contributed by atoms with van der Waals surface area (Å²) in [6.07, 6.45) is 1.81. The molecule has 0 aromatic heterocycles. The lowest BCUT2D eigenvalue weighted by atomic mass is 10.1. The summed E-state index contributed by atoms with van der Waals surface area (Å²) in [6.45, 7) is 2.40. The molecule has 17 heavy (non-hydrogen) atoms. The number of nitrogens with zero attached hydrogens (tertiary/aromatic N) is 1. The lowest BCUT2D eigenvalue weighted by molar-refractivity contribution is 0.0645. The summed E-state index contributed by atoms with van der Waals surface area (Å²) >= 11 is 0. The largest absolute Gasteiger partial charge is 0.391 e. The first-order valence-corrected chi connectivity index (χ1v) is 6.08. The molecule has 1 aromatic carbocycles. The molecule has 0 heterocycles. The Morgan fingerprint density at radius 2 is 2.24 bits per heavy atom. The van der Waals surface area contributed by atoms with Crippen LogP contribution in [0.3, 0.4) is 0 Å². The van der Waals surface area contributed by atoms with Gasteiger partial charge in [-0.1, -0.05) is 17.7 Å². The zero-order valence-electron chi connectivity index (χ0n) is 10.4. The van der Waals surface area contributed by atoms with E-state index < -0.39 is 0 Å². The van der Waals surface area contributed by atoms with Crippen LogP contribution in [0, 0.1) is 12.8 Å². The van der Waals surface area contributed by atoms with Crippen molar-refractivity contribution in [2.24, 2.45) is 5.92 Å². The van der Waals surface area contributed by atoms with Crippen LogP contribution in [0.2, 0.25) is 0 Å². The normalized spacial score (nSPS) is 16.6. The second-order valence-electron chi connectivity index (χ2n) is 4.96. The first-order valence-electron chi connectivity index (χ1n) is 6.08. The molecule has 0 bridgehead atoms. The van der Waals surface area contributed by atoms with Gasteiger partial charge in [-0.25, -0.2) is 0 Å². The van der Waals surface area contributed by atoms with Gasteiger partial charge in [-0.15, -0.1) is 0 Å². The lowest BCUT2D eigenvalue weighted by Crippen LogP contribution is -2.35. The predicted molar refractivity (Wildman–Crippen MR) is 66.9 cm³/mol. The first kappa shape index (κ1) is 12.1. The number of carbonyl (C=O) groups excluding carboxylic acids is 1. The van der Waals surface area contributed by atoms with E-state index in [9.17, 15) is 9.90 Å². The maximum absolute atomic E-state index is 12.1. The van der Waals surface area contributed by atoms with Crippen LogP contribution in [-0.2, 0) is 0 Å². The molecule has 0 saturated heterocycles. The molecule has 2 rings (SSSR count). The summed E-state index contributed by atoms with van der Waals surface area (Å²) in [5.41, 5.74) is 1.77. The summed E-state index contributed by atoms with van der Waals surface area (Å²) in [5, 5.41) is 9.82. The Labute approximate surface area is 102 Å². The van der Waals surface area contributed by atoms with Crippen LogP contribution >= 0.6 is 0 Å². The van der Waals surface area contributed by atoms with Gasteiger partial charge >= 0.3 is 0 Å². The SMILES string of the molecule is Cc1cccc(C(=O)N(C)CC(O)C2CC2)c1. The number of hydrogen-bond acceptors (Lipinski definition) is 2. The first-order chi connectivity index (χ1) is 8.08. The highest BCUT2D eigenvalue weighted by Crippen LogP contribution is 2.32. The molecule has 1 aliphatic carbocycles. The van der Waals surface area contributed by atoms with Crippen molar-refractivity contribution in [3.8, 4) is 0 Å². The maximum atomic E-state index is 12.1. The Hall–Kier alpha value is -1.35. The van der Waals surface area contributed by atoms with E-state index in [0.29, 0.717) is 18.0 Å². The molecule has 1 saturated carbocycles. The van der Waals surface area contributed by atoms with E-state index >= 15 is 0 Å². The van der Waals surface area contributed by atoms with Crippen LogP contribution in [0.4, 0.5) is 0 Å². The minimum Gasteiger partial charge on any atom is -0.391 e. The fourth-order valence-corrected chi connectivity index (χ4v) is 1.99. The molecule has 0 spiro atoms. The standard InChI is InChI=1S/C14H19NO2/c1-10-4-3-5-12(8-10)14(17)15(2)9-13(16)11-6-7-11/h3-5,8,11,13,16H,6-7,9H2,1-2H3. The molecule has 1 aromatic rings. The fraction of sp³-hybridized carbons (Fsp3) is 0.500. The second kappa shape index (κ2) is 4.88. The number of hydrogen-bond donors (Lipinski definition) is 1. The van der Waals surface area contributed by atoms with Crippen molar-refractivity contribution >= 4 is 5.91 Å². The number of aliphatic hydroxyl groups excluding tert-OH is 1. The van der Waals surface area contributed by atoms with Gasteiger partial charge < -0.3 is 10.0 Å². The van der Waals surface area contributed by atoms with Crippen LogP contribution in [0.5, 0.6) is 0 Å². The number of benzene rings is 1. The van der Waals surface area contributed by atoms with Gasteiger partial charge in [0.05, 0.1) is 6.10 Å². The van der Waals surface area contributed by atoms with E-state index in [2.05, 4.69) is 0 Å². The average Bonchev–Trinajstić information content (AvgIpc) is 3.11. The molecule has 1 fully saturated rings. The van der Waals surface area contributed by atoms with E-state index in [-0.39, 0.29) is 12.0 Å². The molecule has 92 valence electrons. The summed E-state index contributed by atoms with van der Waals surface area (Å²) in [7, 11) is 1.75. The van der Waals surface area contributed by atoms with E-state index in [0.717, 1.165) is 18.4 Å². The number of likely N-dealkylation sites (N-methyl/N-ethyl adjacent to an activating group) is 1. The fourth-order valence-electron chi connectivity index (χ4n) is 1.99. The van der Waals surface area contributed by atoms with E-state index in [1.807, 2.05) is 31.2 Å². The highest BCUT2D eigenvalue weighted by atomic mass is 16.3. The van der Waals surface area contributed by atoms with Crippen molar-refractivity contribution in [2.45, 2.75) is 25.9 Å². The van der Waals surface area contributed by atoms with Gasteiger partial charge in [0.25, 0.3) is 5.91 Å². The Morgan fingerprint density at radius 1 is 1.53 bits per heavy atom. The quantitative estimate of drug-likeness (QED) is 0.862. The zero-order valence-corrected chi connectivity index (χ0v) is 10.4. The van der Waals surface area contributed by atoms with Crippen molar-refractivity contribution in [1.29, 1.82) is 0 Å². The molecule has 0 aliphatic heterocycles. The third kappa shape index (κ3) is 3.07. The molecule has 1 unspecified atom stereocenters. The Balaban J connectivity index is 1.98. The lowest BCUT2D eigenvalue weighted by Gasteiger charge is -2.20. The number of carbonyl (C=O) groups is 1. The van der Waals surface area contributed by atoms with Gasteiger partial charge in [-0.05, 0) is 37.8 Å². The van der Waals surface area contributed by atoms with Crippen LogP contribution < -0.4 is 0 Å². The summed E-state index contributed by atoms with van der Waals surface area (Å²) in [6, 6.07) is 7.54. The molecule has 0 radical (unpaired) electrons. The second-order valence-corrected chi connectivity index (χ2v) is 4.96. The third-order valence-corrected chi connectivity index (χ3v) is 3.24. The molecule has 3 nitrogen and oxygen atoms in total. The number of aliphatic hydroxyl groups is 1. The van der Waals surface area contributed by atoms with Crippen LogP contribution in [-0.4, -0.2) is 35.6 Å². The molecular formula is C14H19NO2. The highest BCUT2D eigenvalue weighted by Gasteiger charge is 2.31. The van der Waals surface area contributed by atoms with Crippen molar-refractivity contribution < 1.29 is 9.90 Å². The molecule has 1 N–H and O–H groups in total. The van der Waals surface area contributed by atoms with E-state index in [1.165, 1.54) is 0 Å². The minimum absolute atomic E-state index is 0.0200. The summed E-state index contributed by atoms with van der Waals surface area (Å²) in [5.74, 6) is 0.385. The maximum Gasteiger partial charge on any atom is 0.253 e. The highest BCUT2D eigenvalue weighted by molar-refractivity contribution is 5.94. The van der Waals surface area contributed by atoms with Gasteiger partial charge in [0, 0.05) is 19.2 Å². The third-order valence-electron chi connectivity index (χ3n) is 3.24.